The van der Waals surface area contributed by atoms with Crippen molar-refractivity contribution in [2.75, 3.05) is 20.8 Å². The van der Waals surface area contributed by atoms with E-state index in [0.717, 1.165) is 11.6 Å². The molecule has 3 nitrogen and oxygen atoms in total. The Labute approximate surface area is 86.4 Å². The summed E-state index contributed by atoms with van der Waals surface area (Å²) in [5, 5.41) is 8.90. The Morgan fingerprint density at radius 2 is 2.07 bits per heavy atom. The molecule has 1 aromatic rings. The van der Waals surface area contributed by atoms with Crippen LogP contribution in [0.15, 0.2) is 24.3 Å². The summed E-state index contributed by atoms with van der Waals surface area (Å²) >= 11 is 0. The molecule has 0 saturated heterocycles. The molecular formula is C11H14O3. The van der Waals surface area contributed by atoms with Crippen molar-refractivity contribution in [2.24, 2.45) is 0 Å². The Hall–Kier alpha value is -1.48. The molecule has 1 N–H and O–H groups in total. The first-order valence-corrected chi connectivity index (χ1v) is 4.10. The fraction of sp³-hybridized carbons (Fsp3) is 0.273. The average molecular weight is 196 g/mol. The van der Waals surface area contributed by atoms with Crippen LogP contribution in [-0.4, -0.2) is 25.9 Å². The minimum Gasteiger partial charge on any atom is -0.493 e. The van der Waals surface area contributed by atoms with Crippen molar-refractivity contribution in [2.45, 2.75) is 0 Å². The molecule has 1 rings (SSSR count). The molecule has 3 heteroatoms. The minimum atomic E-state index is -2.31. The summed E-state index contributed by atoms with van der Waals surface area (Å²) < 4.78 is 24.0. The summed E-state index contributed by atoms with van der Waals surface area (Å²) in [5.41, 5.74) is 0.718. The number of rotatable bonds is 4. The molecule has 0 amide bonds. The van der Waals surface area contributed by atoms with Crippen LogP contribution in [0.3, 0.4) is 0 Å². The molecule has 0 atom stereocenters. The largest absolute Gasteiger partial charge is 0.493 e. The van der Waals surface area contributed by atoms with Gasteiger partial charge in [0, 0.05) is 0 Å². The highest BCUT2D eigenvalue weighted by molar-refractivity contribution is 5.55. The van der Waals surface area contributed by atoms with Crippen LogP contribution < -0.4 is 9.47 Å². The topological polar surface area (TPSA) is 38.7 Å². The maximum absolute atomic E-state index is 8.90. The molecule has 76 valence electrons. The van der Waals surface area contributed by atoms with Crippen molar-refractivity contribution in [3.63, 3.8) is 0 Å². The van der Waals surface area contributed by atoms with E-state index in [2.05, 4.69) is 0 Å². The summed E-state index contributed by atoms with van der Waals surface area (Å²) in [6, 6.07) is 5.15. The molecule has 0 saturated carbocycles. The highest BCUT2D eigenvalue weighted by Crippen LogP contribution is 2.27. The Bertz CT molecular complexity index is 383. The zero-order valence-corrected chi connectivity index (χ0v) is 8.15. The molecule has 0 aromatic heterocycles. The van der Waals surface area contributed by atoms with Gasteiger partial charge in [-0.05, 0) is 17.7 Å². The summed E-state index contributed by atoms with van der Waals surface area (Å²) in [4.78, 5) is 0. The molecule has 0 unspecified atom stereocenters. The monoisotopic (exact) mass is 196 g/mol. The molecule has 0 aliphatic rings. The van der Waals surface area contributed by atoms with Crippen LogP contribution in [-0.2, 0) is 0 Å². The molecular weight excluding hydrogens is 180 g/mol. The SMILES string of the molecule is [2H]C([2H])(O)/C=C\c1ccc(OC)c(OC)c1. The normalized spacial score (nSPS) is 13.6. The van der Waals surface area contributed by atoms with Crippen LogP contribution in [0.5, 0.6) is 11.5 Å². The van der Waals surface area contributed by atoms with Gasteiger partial charge in [0.1, 0.15) is 0 Å². The first-order chi connectivity index (χ1) is 7.46. The number of methoxy groups -OCH3 is 2. The van der Waals surface area contributed by atoms with E-state index in [0.29, 0.717) is 11.5 Å². The molecule has 1 aromatic carbocycles. The van der Waals surface area contributed by atoms with Crippen molar-refractivity contribution in [1.82, 2.24) is 0 Å². The molecule has 0 fully saturated rings. The van der Waals surface area contributed by atoms with Crippen LogP contribution in [0.4, 0.5) is 0 Å². The van der Waals surface area contributed by atoms with E-state index >= 15 is 0 Å². The maximum atomic E-state index is 8.90. The summed E-state index contributed by atoms with van der Waals surface area (Å²) in [7, 11) is 3.07. The van der Waals surface area contributed by atoms with Gasteiger partial charge in [0.25, 0.3) is 0 Å². The zero-order valence-electron chi connectivity index (χ0n) is 10.2. The fourth-order valence-electron chi connectivity index (χ4n) is 1.09. The summed E-state index contributed by atoms with van der Waals surface area (Å²) in [6.07, 6.45) is 2.54. The van der Waals surface area contributed by atoms with Crippen LogP contribution in [0.2, 0.25) is 0 Å². The molecule has 0 radical (unpaired) electrons. The van der Waals surface area contributed by atoms with E-state index in [4.69, 9.17) is 17.3 Å². The van der Waals surface area contributed by atoms with Crippen LogP contribution in [0.1, 0.15) is 8.30 Å². The predicted molar refractivity (Wildman–Crippen MR) is 55.7 cm³/mol. The number of hydrogen-bond donors (Lipinski definition) is 1. The quantitative estimate of drug-likeness (QED) is 0.796. The number of aliphatic hydroxyl groups is 1. The lowest BCUT2D eigenvalue weighted by Crippen LogP contribution is -1.90. The number of hydrogen-bond acceptors (Lipinski definition) is 3. The first kappa shape index (κ1) is 7.88. The average Bonchev–Trinajstić information content (AvgIpc) is 2.25. The van der Waals surface area contributed by atoms with Crippen molar-refractivity contribution in [3.05, 3.63) is 29.8 Å². The molecule has 14 heavy (non-hydrogen) atoms. The maximum Gasteiger partial charge on any atom is 0.161 e. The van der Waals surface area contributed by atoms with Gasteiger partial charge in [-0.3, -0.25) is 0 Å². The van der Waals surface area contributed by atoms with Gasteiger partial charge in [0.2, 0.25) is 0 Å². The van der Waals surface area contributed by atoms with E-state index in [1.54, 1.807) is 25.3 Å². The van der Waals surface area contributed by atoms with Crippen LogP contribution >= 0.6 is 0 Å². The van der Waals surface area contributed by atoms with Crippen molar-refractivity contribution in [3.8, 4) is 11.5 Å². The van der Waals surface area contributed by atoms with Gasteiger partial charge in [-0.15, -0.1) is 0 Å². The summed E-state index contributed by atoms with van der Waals surface area (Å²) in [6.45, 7) is -2.31. The second-order valence-corrected chi connectivity index (χ2v) is 2.58. The second-order valence-electron chi connectivity index (χ2n) is 2.58. The van der Waals surface area contributed by atoms with Gasteiger partial charge in [0.05, 0.1) is 23.5 Å². The lowest BCUT2D eigenvalue weighted by molar-refractivity contribution is 0.343. The van der Waals surface area contributed by atoms with Crippen molar-refractivity contribution < 1.29 is 17.3 Å². The van der Waals surface area contributed by atoms with Gasteiger partial charge < -0.3 is 14.6 Å². The van der Waals surface area contributed by atoms with E-state index in [1.165, 1.54) is 13.2 Å². The van der Waals surface area contributed by atoms with E-state index in [9.17, 15) is 0 Å². The Kier molecular flexibility index (Phi) is 2.98. The van der Waals surface area contributed by atoms with Gasteiger partial charge in [0.15, 0.2) is 11.5 Å². The first-order valence-electron chi connectivity index (χ1n) is 5.10. The molecule has 0 aliphatic carbocycles. The molecule has 0 bridgehead atoms. The summed E-state index contributed by atoms with van der Waals surface area (Å²) in [5.74, 6) is 1.16. The highest BCUT2D eigenvalue weighted by Gasteiger charge is 2.01. The number of ether oxygens (including phenoxy) is 2. The predicted octanol–water partition coefficient (Wildman–Crippen LogP) is 1.71. The smallest absolute Gasteiger partial charge is 0.161 e. The van der Waals surface area contributed by atoms with Crippen LogP contribution in [0.25, 0.3) is 6.08 Å². The molecule has 0 aliphatic heterocycles. The molecule has 0 spiro atoms. The third kappa shape index (κ3) is 2.50. The Morgan fingerprint density at radius 1 is 1.36 bits per heavy atom. The van der Waals surface area contributed by atoms with Gasteiger partial charge in [-0.2, -0.15) is 0 Å². The lowest BCUT2D eigenvalue weighted by Gasteiger charge is -2.07. The third-order valence-corrected chi connectivity index (χ3v) is 1.76. The standard InChI is InChI=1S/C11H14O3/c1-13-10-6-5-9(4-3-7-12)8-11(10)14-2/h3-6,8,12H,7H2,1-2H3/b4-3-/i7D2. The second kappa shape index (κ2) is 5.29. The lowest BCUT2D eigenvalue weighted by atomic mass is 10.2. The third-order valence-electron chi connectivity index (χ3n) is 1.76. The minimum absolute atomic E-state index is 0.558. The Morgan fingerprint density at radius 3 is 2.64 bits per heavy atom. The Balaban J connectivity index is 2.96. The van der Waals surface area contributed by atoms with Gasteiger partial charge >= 0.3 is 0 Å². The van der Waals surface area contributed by atoms with Gasteiger partial charge in [-0.25, -0.2) is 0 Å². The zero-order chi connectivity index (χ0) is 12.2. The van der Waals surface area contributed by atoms with E-state index < -0.39 is 6.56 Å². The van der Waals surface area contributed by atoms with Gasteiger partial charge in [-0.1, -0.05) is 18.2 Å². The van der Waals surface area contributed by atoms with Crippen molar-refractivity contribution >= 4 is 6.08 Å². The highest BCUT2D eigenvalue weighted by atomic mass is 16.5. The number of benzene rings is 1. The van der Waals surface area contributed by atoms with Crippen LogP contribution in [0, 0.1) is 0 Å². The molecule has 0 heterocycles. The fourth-order valence-corrected chi connectivity index (χ4v) is 1.09. The van der Waals surface area contributed by atoms with E-state index in [1.807, 2.05) is 0 Å². The van der Waals surface area contributed by atoms with E-state index in [-0.39, 0.29) is 0 Å². The van der Waals surface area contributed by atoms with Crippen molar-refractivity contribution in [1.29, 1.82) is 0 Å².